The second kappa shape index (κ2) is 5.40. The molecule has 0 spiro atoms. The third kappa shape index (κ3) is 2.94. The molecular formula is C15H15N3O3. The van der Waals surface area contributed by atoms with Gasteiger partial charge in [-0.3, -0.25) is 9.59 Å². The van der Waals surface area contributed by atoms with Crippen molar-refractivity contribution in [2.75, 3.05) is 10.6 Å². The Morgan fingerprint density at radius 2 is 2.10 bits per heavy atom. The van der Waals surface area contributed by atoms with Gasteiger partial charge in [-0.1, -0.05) is 17.3 Å². The van der Waals surface area contributed by atoms with Crippen LogP contribution in [0.4, 0.5) is 11.4 Å². The quantitative estimate of drug-likeness (QED) is 0.896. The Balaban J connectivity index is 1.65. The summed E-state index contributed by atoms with van der Waals surface area (Å²) in [5.74, 6) is 0.411. The highest BCUT2D eigenvalue weighted by Crippen LogP contribution is 2.26. The van der Waals surface area contributed by atoms with Gasteiger partial charge >= 0.3 is 0 Å². The van der Waals surface area contributed by atoms with Gasteiger partial charge in [-0.2, -0.15) is 0 Å². The fourth-order valence-electron chi connectivity index (χ4n) is 2.34. The van der Waals surface area contributed by atoms with Gasteiger partial charge in [0.1, 0.15) is 17.6 Å². The number of hydrogen-bond donors (Lipinski definition) is 2. The van der Waals surface area contributed by atoms with Crippen LogP contribution in [0.1, 0.15) is 17.9 Å². The lowest BCUT2D eigenvalue weighted by Gasteiger charge is -2.26. The maximum atomic E-state index is 12.0. The van der Waals surface area contributed by atoms with E-state index in [1.54, 1.807) is 13.0 Å². The number of nitrogens with zero attached hydrogens (tertiary/aromatic N) is 1. The highest BCUT2D eigenvalue weighted by molar-refractivity contribution is 6.05. The lowest BCUT2D eigenvalue weighted by molar-refractivity contribution is -0.123. The number of rotatable bonds is 4. The number of carbonyl (C=O) groups is 2. The minimum Gasteiger partial charge on any atom is -0.372 e. The Morgan fingerprint density at radius 1 is 1.33 bits per heavy atom. The highest BCUT2D eigenvalue weighted by atomic mass is 16.5. The summed E-state index contributed by atoms with van der Waals surface area (Å²) in [6, 6.07) is 8.57. The zero-order chi connectivity index (χ0) is 14.8. The second-order valence-electron chi connectivity index (χ2n) is 5.08. The number of aryl methyl sites for hydroxylation is 1. The summed E-state index contributed by atoms with van der Waals surface area (Å²) in [4.78, 5) is 24.0. The van der Waals surface area contributed by atoms with Gasteiger partial charge in [-0.15, -0.1) is 0 Å². The van der Waals surface area contributed by atoms with Gasteiger partial charge in [0.2, 0.25) is 5.91 Å². The maximum absolute atomic E-state index is 12.0. The van der Waals surface area contributed by atoms with Crippen LogP contribution in [0.3, 0.4) is 0 Å². The minimum absolute atomic E-state index is 0.0599. The fourth-order valence-corrected chi connectivity index (χ4v) is 2.34. The topological polar surface area (TPSA) is 84.2 Å². The fraction of sp³-hybridized carbons (Fsp3) is 0.267. The van der Waals surface area contributed by atoms with E-state index in [1.807, 2.05) is 24.3 Å². The number of hydrogen-bond acceptors (Lipinski definition) is 5. The molecule has 2 N–H and O–H groups in total. The second-order valence-corrected chi connectivity index (χ2v) is 5.08. The van der Waals surface area contributed by atoms with Crippen LogP contribution in [0.2, 0.25) is 0 Å². The molecule has 108 valence electrons. The molecule has 1 atom stereocenters. The molecule has 1 aliphatic rings. The van der Waals surface area contributed by atoms with E-state index in [-0.39, 0.29) is 24.5 Å². The first kappa shape index (κ1) is 13.4. The summed E-state index contributed by atoms with van der Waals surface area (Å²) in [5.41, 5.74) is 2.15. The number of fused-ring (bicyclic) bond motifs is 1. The van der Waals surface area contributed by atoms with Crippen LogP contribution in [0, 0.1) is 6.92 Å². The summed E-state index contributed by atoms with van der Waals surface area (Å²) in [7, 11) is 0. The van der Waals surface area contributed by atoms with Crippen LogP contribution in [-0.2, 0) is 16.0 Å². The predicted molar refractivity (Wildman–Crippen MR) is 77.1 cm³/mol. The Bertz CT molecular complexity index is 693. The molecule has 1 aromatic heterocycles. The van der Waals surface area contributed by atoms with Gasteiger partial charge in [-0.05, 0) is 19.1 Å². The van der Waals surface area contributed by atoms with Gasteiger partial charge in [0, 0.05) is 12.5 Å². The Kier molecular flexibility index (Phi) is 3.43. The zero-order valence-electron chi connectivity index (χ0n) is 11.6. The molecular weight excluding hydrogens is 270 g/mol. The smallest absolute Gasteiger partial charge is 0.247 e. The molecule has 2 aromatic rings. The average Bonchev–Trinajstić information content (AvgIpc) is 2.85. The van der Waals surface area contributed by atoms with E-state index in [4.69, 9.17) is 4.52 Å². The van der Waals surface area contributed by atoms with Crippen molar-refractivity contribution in [2.45, 2.75) is 25.8 Å². The van der Waals surface area contributed by atoms with Crippen molar-refractivity contribution in [3.8, 4) is 0 Å². The van der Waals surface area contributed by atoms with Crippen molar-refractivity contribution >= 4 is 23.1 Å². The van der Waals surface area contributed by atoms with E-state index in [0.29, 0.717) is 11.5 Å². The third-order valence-electron chi connectivity index (χ3n) is 3.32. The molecule has 1 aliphatic heterocycles. The molecule has 3 rings (SSSR count). The van der Waals surface area contributed by atoms with Crippen LogP contribution >= 0.6 is 0 Å². The Morgan fingerprint density at radius 3 is 2.81 bits per heavy atom. The van der Waals surface area contributed by atoms with Crippen LogP contribution in [0.25, 0.3) is 0 Å². The molecule has 6 nitrogen and oxygen atoms in total. The zero-order valence-corrected chi connectivity index (χ0v) is 11.6. The highest BCUT2D eigenvalue weighted by Gasteiger charge is 2.27. The first-order valence-electron chi connectivity index (χ1n) is 6.72. The standard InChI is InChI=1S/C15H15N3O3/c1-9-6-10(18-21-9)7-11(19)8-14-15(20)17-13-5-3-2-4-12(13)16-14/h2-6,14,16H,7-8H2,1H3,(H,17,20)/t14-/m1/s1. The summed E-state index contributed by atoms with van der Waals surface area (Å²) < 4.78 is 4.93. The lowest BCUT2D eigenvalue weighted by Crippen LogP contribution is -2.40. The Labute approximate surface area is 121 Å². The molecule has 1 aromatic carbocycles. The van der Waals surface area contributed by atoms with Crippen molar-refractivity contribution in [1.82, 2.24) is 5.16 Å². The summed E-state index contributed by atoms with van der Waals surface area (Å²) in [5, 5.41) is 9.67. The van der Waals surface area contributed by atoms with Crippen LogP contribution in [-0.4, -0.2) is 22.9 Å². The molecule has 0 radical (unpaired) electrons. The number of nitrogens with one attached hydrogen (secondary N) is 2. The number of Topliss-reactive ketones (excluding diaryl/α,β-unsaturated/α-hetero) is 1. The molecule has 0 fully saturated rings. The third-order valence-corrected chi connectivity index (χ3v) is 3.32. The SMILES string of the molecule is Cc1cc(CC(=O)C[C@H]2Nc3ccccc3NC2=O)no1. The molecule has 2 heterocycles. The van der Waals surface area contributed by atoms with Crippen molar-refractivity contribution in [3.63, 3.8) is 0 Å². The molecule has 0 saturated heterocycles. The first-order valence-corrected chi connectivity index (χ1v) is 6.72. The van der Waals surface area contributed by atoms with Crippen molar-refractivity contribution in [1.29, 1.82) is 0 Å². The molecule has 21 heavy (non-hydrogen) atoms. The predicted octanol–water partition coefficient (Wildman–Crippen LogP) is 1.92. The number of anilines is 2. The number of ketones is 1. The Hall–Kier alpha value is -2.63. The van der Waals surface area contributed by atoms with E-state index in [9.17, 15) is 9.59 Å². The minimum atomic E-state index is -0.555. The van der Waals surface area contributed by atoms with E-state index in [0.717, 1.165) is 11.4 Å². The average molecular weight is 285 g/mol. The van der Waals surface area contributed by atoms with Crippen molar-refractivity contribution < 1.29 is 14.1 Å². The molecule has 0 bridgehead atoms. The summed E-state index contributed by atoms with van der Waals surface area (Å²) in [6.07, 6.45) is 0.288. The molecule has 6 heteroatoms. The van der Waals surface area contributed by atoms with Gasteiger partial charge in [0.25, 0.3) is 0 Å². The van der Waals surface area contributed by atoms with Gasteiger partial charge < -0.3 is 15.2 Å². The molecule has 1 amide bonds. The molecule has 0 unspecified atom stereocenters. The number of benzene rings is 1. The number of aromatic nitrogens is 1. The van der Waals surface area contributed by atoms with Crippen LogP contribution in [0.15, 0.2) is 34.9 Å². The van der Waals surface area contributed by atoms with E-state index >= 15 is 0 Å². The van der Waals surface area contributed by atoms with Gasteiger partial charge in [0.05, 0.1) is 23.5 Å². The lowest BCUT2D eigenvalue weighted by atomic mass is 10.0. The van der Waals surface area contributed by atoms with Crippen molar-refractivity contribution in [2.24, 2.45) is 0 Å². The van der Waals surface area contributed by atoms with Gasteiger partial charge in [0.15, 0.2) is 0 Å². The van der Waals surface area contributed by atoms with Crippen LogP contribution in [0.5, 0.6) is 0 Å². The number of para-hydroxylation sites is 2. The molecule has 0 saturated carbocycles. The summed E-state index contributed by atoms with van der Waals surface area (Å²) >= 11 is 0. The monoisotopic (exact) mass is 285 g/mol. The van der Waals surface area contributed by atoms with Gasteiger partial charge in [-0.25, -0.2) is 0 Å². The van der Waals surface area contributed by atoms with Crippen molar-refractivity contribution in [3.05, 3.63) is 41.8 Å². The molecule has 0 aliphatic carbocycles. The number of amides is 1. The number of carbonyl (C=O) groups excluding carboxylic acids is 2. The summed E-state index contributed by atoms with van der Waals surface area (Å²) in [6.45, 7) is 1.77. The first-order chi connectivity index (χ1) is 10.1. The van der Waals surface area contributed by atoms with E-state index in [2.05, 4.69) is 15.8 Å². The maximum Gasteiger partial charge on any atom is 0.247 e. The van der Waals surface area contributed by atoms with E-state index in [1.165, 1.54) is 0 Å². The largest absolute Gasteiger partial charge is 0.372 e. The normalized spacial score (nSPS) is 16.8. The van der Waals surface area contributed by atoms with E-state index < -0.39 is 6.04 Å². The van der Waals surface area contributed by atoms with Crippen LogP contribution < -0.4 is 10.6 Å².